The lowest BCUT2D eigenvalue weighted by Gasteiger charge is -2.16. The molecule has 0 aliphatic carbocycles. The van der Waals surface area contributed by atoms with E-state index in [0.29, 0.717) is 50.8 Å². The second-order valence-corrected chi connectivity index (χ2v) is 13.7. The number of hydrogen-bond acceptors (Lipinski definition) is 3. The van der Waals surface area contributed by atoms with Crippen LogP contribution in [0.5, 0.6) is 0 Å². The van der Waals surface area contributed by atoms with Gasteiger partial charge in [-0.1, -0.05) is 97.1 Å². The van der Waals surface area contributed by atoms with Gasteiger partial charge < -0.3 is 4.57 Å². The third-order valence-corrected chi connectivity index (χ3v) is 9.93. The molecule has 2 heterocycles. The average Bonchev–Trinajstić information content (AvgIpc) is 3.57. The Morgan fingerprint density at radius 2 is 0.948 bits per heavy atom. The van der Waals surface area contributed by atoms with Gasteiger partial charge in [0.2, 0.25) is 0 Å². The van der Waals surface area contributed by atoms with Crippen molar-refractivity contribution in [1.29, 1.82) is 0 Å². The SMILES string of the molecule is Fc1cccc(-c2cc(-n3c4ccccc4c4cc(-c5cc(C(F)(F)F)cc(C(F)(F)F)c5)ccc43)ccc2-c2nc(-c3ccccc3)nc(-c3ccccc3)n2)c1. The Morgan fingerprint density at radius 3 is 1.57 bits per heavy atom. The maximum absolute atomic E-state index is 14.9. The number of alkyl halides is 6. The monoisotopic (exact) mass is 780 g/mol. The Balaban J connectivity index is 1.25. The molecule has 0 atom stereocenters. The first kappa shape index (κ1) is 36.5. The van der Waals surface area contributed by atoms with Gasteiger partial charge in [0, 0.05) is 33.2 Å². The molecular formula is C47H27F7N4. The van der Waals surface area contributed by atoms with Crippen molar-refractivity contribution >= 4 is 21.8 Å². The Kier molecular flexibility index (Phi) is 8.88. The first-order valence-electron chi connectivity index (χ1n) is 18.0. The number of benzene rings is 7. The van der Waals surface area contributed by atoms with E-state index in [4.69, 9.17) is 15.0 Å². The summed E-state index contributed by atoms with van der Waals surface area (Å²) in [5, 5.41) is 1.32. The van der Waals surface area contributed by atoms with Gasteiger partial charge in [-0.05, 0) is 89.0 Å². The van der Waals surface area contributed by atoms with Gasteiger partial charge in [0.15, 0.2) is 17.5 Å². The molecular weight excluding hydrogens is 754 g/mol. The van der Waals surface area contributed by atoms with Crippen LogP contribution in [0.1, 0.15) is 11.1 Å². The zero-order chi connectivity index (χ0) is 40.2. The summed E-state index contributed by atoms with van der Waals surface area (Å²) in [6.45, 7) is 0. The van der Waals surface area contributed by atoms with E-state index in [-0.39, 0.29) is 17.2 Å². The lowest BCUT2D eigenvalue weighted by atomic mass is 9.97. The van der Waals surface area contributed by atoms with Gasteiger partial charge in [0.25, 0.3) is 0 Å². The van der Waals surface area contributed by atoms with Crippen LogP contribution in [0, 0.1) is 5.82 Å². The van der Waals surface area contributed by atoms with Gasteiger partial charge in [-0.2, -0.15) is 26.3 Å². The minimum Gasteiger partial charge on any atom is -0.309 e. The normalized spacial score (nSPS) is 12.1. The van der Waals surface area contributed by atoms with E-state index in [0.717, 1.165) is 34.2 Å². The quantitative estimate of drug-likeness (QED) is 0.158. The van der Waals surface area contributed by atoms with Crippen molar-refractivity contribution in [3.8, 4) is 62.1 Å². The van der Waals surface area contributed by atoms with E-state index in [1.165, 1.54) is 18.2 Å². The largest absolute Gasteiger partial charge is 0.416 e. The van der Waals surface area contributed by atoms with Crippen LogP contribution in [0.4, 0.5) is 30.7 Å². The van der Waals surface area contributed by atoms with E-state index < -0.39 is 29.3 Å². The predicted molar refractivity (Wildman–Crippen MR) is 211 cm³/mol. The average molecular weight is 781 g/mol. The second-order valence-electron chi connectivity index (χ2n) is 13.7. The molecule has 2 aromatic heterocycles. The van der Waals surface area contributed by atoms with Crippen molar-refractivity contribution in [2.75, 3.05) is 0 Å². The van der Waals surface area contributed by atoms with Crippen molar-refractivity contribution in [3.63, 3.8) is 0 Å². The smallest absolute Gasteiger partial charge is 0.309 e. The van der Waals surface area contributed by atoms with E-state index in [9.17, 15) is 30.7 Å². The van der Waals surface area contributed by atoms with Crippen LogP contribution < -0.4 is 0 Å². The molecule has 0 saturated carbocycles. The molecule has 11 heteroatoms. The van der Waals surface area contributed by atoms with E-state index in [2.05, 4.69) is 0 Å². The van der Waals surface area contributed by atoms with Gasteiger partial charge in [0.1, 0.15) is 5.82 Å². The molecule has 0 spiro atoms. The van der Waals surface area contributed by atoms with E-state index in [1.807, 2.05) is 108 Å². The molecule has 284 valence electrons. The van der Waals surface area contributed by atoms with Crippen molar-refractivity contribution < 1.29 is 30.7 Å². The summed E-state index contributed by atoms with van der Waals surface area (Å²) < 4.78 is 99.8. The summed E-state index contributed by atoms with van der Waals surface area (Å²) in [5.41, 5.74) is 2.49. The molecule has 9 aromatic rings. The molecule has 58 heavy (non-hydrogen) atoms. The molecule has 0 N–H and O–H groups in total. The topological polar surface area (TPSA) is 43.6 Å². The van der Waals surface area contributed by atoms with Crippen LogP contribution in [-0.4, -0.2) is 19.5 Å². The van der Waals surface area contributed by atoms with Gasteiger partial charge >= 0.3 is 12.4 Å². The molecule has 0 radical (unpaired) electrons. The van der Waals surface area contributed by atoms with Gasteiger partial charge in [0.05, 0.1) is 22.2 Å². The zero-order valence-corrected chi connectivity index (χ0v) is 30.0. The summed E-state index contributed by atoms with van der Waals surface area (Å²) in [6, 6.07) is 44.5. The molecule has 0 unspecified atom stereocenters. The fourth-order valence-electron chi connectivity index (χ4n) is 7.24. The van der Waals surface area contributed by atoms with Gasteiger partial charge in [-0.15, -0.1) is 0 Å². The molecule has 4 nitrogen and oxygen atoms in total. The number of aromatic nitrogens is 4. The number of para-hydroxylation sites is 1. The lowest BCUT2D eigenvalue weighted by molar-refractivity contribution is -0.143. The standard InChI is InChI=1S/C47H27F7N4/c48-35-15-9-14-31(24-35)39-27-36(19-20-38(39)45-56-43(28-10-3-1-4-11-28)55-44(57-45)29-12-5-2-6-13-29)58-41-17-8-7-16-37(41)40-25-30(18-21-42(40)58)32-22-33(46(49,50)51)26-34(23-32)47(52,53)54/h1-27H. The second kappa shape index (κ2) is 14.1. The minimum atomic E-state index is -4.99. The molecule has 7 aromatic carbocycles. The summed E-state index contributed by atoms with van der Waals surface area (Å²) in [6.07, 6.45) is -9.98. The zero-order valence-electron chi connectivity index (χ0n) is 30.0. The third kappa shape index (κ3) is 6.85. The van der Waals surface area contributed by atoms with E-state index >= 15 is 0 Å². The maximum Gasteiger partial charge on any atom is 0.416 e. The Morgan fingerprint density at radius 1 is 0.379 bits per heavy atom. The molecule has 9 rings (SSSR count). The molecule has 0 bridgehead atoms. The Labute approximate surface area is 326 Å². The van der Waals surface area contributed by atoms with Crippen LogP contribution in [0.2, 0.25) is 0 Å². The highest BCUT2D eigenvalue weighted by molar-refractivity contribution is 6.10. The molecule has 0 fully saturated rings. The van der Waals surface area contributed by atoms with Crippen molar-refractivity contribution in [1.82, 2.24) is 19.5 Å². The van der Waals surface area contributed by atoms with Gasteiger partial charge in [-0.25, -0.2) is 19.3 Å². The predicted octanol–water partition coefficient (Wildman–Crippen LogP) is 13.5. The Hall–Kier alpha value is -7.14. The minimum absolute atomic E-state index is 0.121. The molecule has 0 saturated heterocycles. The van der Waals surface area contributed by atoms with Crippen molar-refractivity contribution in [2.45, 2.75) is 12.4 Å². The van der Waals surface area contributed by atoms with Crippen molar-refractivity contribution in [3.05, 3.63) is 181 Å². The summed E-state index contributed by atoms with van der Waals surface area (Å²) in [5.74, 6) is 0.789. The maximum atomic E-state index is 14.9. The molecule has 0 amide bonds. The van der Waals surface area contributed by atoms with Crippen LogP contribution >= 0.6 is 0 Å². The first-order valence-corrected chi connectivity index (χ1v) is 18.0. The van der Waals surface area contributed by atoms with Crippen LogP contribution in [0.3, 0.4) is 0 Å². The van der Waals surface area contributed by atoms with E-state index in [1.54, 1.807) is 24.3 Å². The highest BCUT2D eigenvalue weighted by atomic mass is 19.4. The highest BCUT2D eigenvalue weighted by Gasteiger charge is 2.37. The fourth-order valence-corrected chi connectivity index (χ4v) is 7.24. The Bertz CT molecular complexity index is 2900. The number of nitrogens with zero attached hydrogens (tertiary/aromatic N) is 4. The molecule has 0 aliphatic rings. The summed E-state index contributed by atoms with van der Waals surface area (Å²) in [7, 11) is 0. The van der Waals surface area contributed by atoms with Crippen LogP contribution in [0.25, 0.3) is 83.9 Å². The number of fused-ring (bicyclic) bond motifs is 3. The number of hydrogen-bond donors (Lipinski definition) is 0. The number of rotatable bonds is 6. The van der Waals surface area contributed by atoms with Crippen LogP contribution in [-0.2, 0) is 12.4 Å². The first-order chi connectivity index (χ1) is 27.9. The summed E-state index contributed by atoms with van der Waals surface area (Å²) in [4.78, 5) is 14.6. The third-order valence-electron chi connectivity index (χ3n) is 9.93. The van der Waals surface area contributed by atoms with Gasteiger partial charge in [-0.3, -0.25) is 0 Å². The van der Waals surface area contributed by atoms with Crippen molar-refractivity contribution in [2.24, 2.45) is 0 Å². The van der Waals surface area contributed by atoms with Crippen LogP contribution in [0.15, 0.2) is 164 Å². The summed E-state index contributed by atoms with van der Waals surface area (Å²) >= 11 is 0. The fraction of sp³-hybridized carbons (Fsp3) is 0.0426. The number of halogens is 7. The lowest BCUT2D eigenvalue weighted by Crippen LogP contribution is -2.11. The molecule has 0 aliphatic heterocycles. The highest BCUT2D eigenvalue weighted by Crippen LogP contribution is 2.42.